The lowest BCUT2D eigenvalue weighted by Gasteiger charge is -2.20. The van der Waals surface area contributed by atoms with E-state index in [9.17, 15) is 28.2 Å². The van der Waals surface area contributed by atoms with E-state index in [0.29, 0.717) is 30.2 Å². The number of anilines is 2. The highest BCUT2D eigenvalue weighted by atomic mass is 19.4. The number of hydrogen-bond donors (Lipinski definition) is 3. The Morgan fingerprint density at radius 2 is 1.68 bits per heavy atom. The molecule has 3 N–H and O–H groups in total. The quantitative estimate of drug-likeness (QED) is 0.328. The highest BCUT2D eigenvalue weighted by molar-refractivity contribution is 6.03. The summed E-state index contributed by atoms with van der Waals surface area (Å²) in [5.41, 5.74) is 2.01. The fraction of sp³-hybridized carbons (Fsp3) is 0.185. The Morgan fingerprint density at radius 1 is 1.00 bits per heavy atom. The molecule has 0 aliphatic carbocycles. The van der Waals surface area contributed by atoms with Gasteiger partial charge in [-0.2, -0.15) is 18.3 Å². The van der Waals surface area contributed by atoms with Crippen molar-refractivity contribution in [3.05, 3.63) is 88.5 Å². The first-order valence-electron chi connectivity index (χ1n) is 11.4. The first-order chi connectivity index (χ1) is 17.5. The number of carbonyl (C=O) groups excluding carboxylic acids is 1. The minimum Gasteiger partial charge on any atom is -0.508 e. The lowest BCUT2D eigenvalue weighted by Crippen LogP contribution is -2.26. The Kier molecular flexibility index (Phi) is 5.82. The Bertz CT molecular complexity index is 1500. The smallest absolute Gasteiger partial charge is 0.416 e. The van der Waals surface area contributed by atoms with Crippen molar-refractivity contribution in [1.82, 2.24) is 14.7 Å². The van der Waals surface area contributed by atoms with Crippen LogP contribution in [0.15, 0.2) is 60.7 Å². The summed E-state index contributed by atoms with van der Waals surface area (Å²) in [6.45, 7) is 2.14. The average molecular weight is 509 g/mol. The molecule has 0 atom stereocenters. The van der Waals surface area contributed by atoms with Gasteiger partial charge in [0.25, 0.3) is 5.91 Å². The van der Waals surface area contributed by atoms with E-state index in [-0.39, 0.29) is 22.6 Å². The lowest BCUT2D eigenvalue weighted by molar-refractivity contribution is -0.138. The van der Waals surface area contributed by atoms with Crippen molar-refractivity contribution in [1.29, 1.82) is 0 Å². The van der Waals surface area contributed by atoms with Crippen LogP contribution in [0.3, 0.4) is 0 Å². The average Bonchev–Trinajstić information content (AvgIpc) is 3.41. The normalized spacial score (nSPS) is 13.1. The minimum absolute atomic E-state index is 0.0383. The van der Waals surface area contributed by atoms with Crippen LogP contribution in [0.1, 0.15) is 32.6 Å². The monoisotopic (exact) mass is 508 g/mol. The first kappa shape index (κ1) is 24.2. The molecule has 3 aromatic carbocycles. The van der Waals surface area contributed by atoms with E-state index in [1.165, 1.54) is 23.7 Å². The summed E-state index contributed by atoms with van der Waals surface area (Å²) < 4.78 is 41.6. The van der Waals surface area contributed by atoms with Gasteiger partial charge in [0.1, 0.15) is 22.9 Å². The van der Waals surface area contributed by atoms with E-state index in [1.807, 2.05) is 24.3 Å². The van der Waals surface area contributed by atoms with Crippen LogP contribution in [0.4, 0.5) is 24.7 Å². The van der Waals surface area contributed by atoms with Gasteiger partial charge in [0.2, 0.25) is 0 Å². The third kappa shape index (κ3) is 4.46. The largest absolute Gasteiger partial charge is 0.508 e. The zero-order valence-corrected chi connectivity index (χ0v) is 20.0. The number of hydrogen-bond acceptors (Lipinski definition) is 5. The van der Waals surface area contributed by atoms with E-state index >= 15 is 0 Å². The molecule has 4 aromatic rings. The van der Waals surface area contributed by atoms with Gasteiger partial charge in [-0.05, 0) is 29.7 Å². The maximum atomic E-state index is 13.5. The summed E-state index contributed by atoms with van der Waals surface area (Å²) in [7, 11) is 1.59. The molecular formula is C27H23F3N4O3. The summed E-state index contributed by atoms with van der Waals surface area (Å²) in [5.74, 6) is -0.764. The Labute approximate surface area is 210 Å². The molecule has 37 heavy (non-hydrogen) atoms. The predicted octanol–water partition coefficient (Wildman–Crippen LogP) is 5.73. The molecule has 0 saturated carbocycles. The van der Waals surface area contributed by atoms with Gasteiger partial charge in [0.15, 0.2) is 0 Å². The van der Waals surface area contributed by atoms with E-state index in [2.05, 4.69) is 10.4 Å². The van der Waals surface area contributed by atoms with Crippen LogP contribution in [0.5, 0.6) is 11.5 Å². The van der Waals surface area contributed by atoms with Crippen molar-refractivity contribution >= 4 is 17.4 Å². The Hall–Kier alpha value is -4.47. The fourth-order valence-corrected chi connectivity index (χ4v) is 4.64. The molecule has 0 unspecified atom stereocenters. The zero-order valence-electron chi connectivity index (χ0n) is 20.0. The van der Waals surface area contributed by atoms with Gasteiger partial charge in [0.05, 0.1) is 16.9 Å². The molecule has 0 spiro atoms. The highest BCUT2D eigenvalue weighted by Gasteiger charge is 2.33. The number of benzene rings is 3. The van der Waals surface area contributed by atoms with Gasteiger partial charge in [0, 0.05) is 43.9 Å². The van der Waals surface area contributed by atoms with Gasteiger partial charge >= 0.3 is 6.18 Å². The van der Waals surface area contributed by atoms with Crippen molar-refractivity contribution in [3.63, 3.8) is 0 Å². The van der Waals surface area contributed by atoms with Crippen molar-refractivity contribution in [2.75, 3.05) is 5.32 Å². The number of nitrogens with one attached hydrogen (secondary N) is 1. The molecule has 0 bridgehead atoms. The number of carbonyl (C=O) groups is 1. The van der Waals surface area contributed by atoms with Crippen molar-refractivity contribution in [3.8, 4) is 22.8 Å². The number of aromatic hydroxyl groups is 2. The van der Waals surface area contributed by atoms with Crippen LogP contribution in [0.2, 0.25) is 0 Å². The summed E-state index contributed by atoms with van der Waals surface area (Å²) >= 11 is 0. The number of phenols is 2. The van der Waals surface area contributed by atoms with Gasteiger partial charge in [-0.1, -0.05) is 36.4 Å². The summed E-state index contributed by atoms with van der Waals surface area (Å²) in [6, 6.07) is 15.5. The SMILES string of the molecule is Cc1c(-c2cc(Nc3cc(O)cc(O)c3C(=O)N3Cc4ccccc4C3)n(C)n2)cccc1C(F)(F)F. The van der Waals surface area contributed by atoms with Gasteiger partial charge < -0.3 is 20.4 Å². The topological polar surface area (TPSA) is 90.6 Å². The number of aromatic nitrogens is 2. The number of rotatable bonds is 4. The second-order valence-corrected chi connectivity index (χ2v) is 8.96. The number of nitrogens with zero attached hydrogens (tertiary/aromatic N) is 3. The summed E-state index contributed by atoms with van der Waals surface area (Å²) in [6.07, 6.45) is -4.50. The van der Waals surface area contributed by atoms with Crippen LogP contribution in [0, 0.1) is 6.92 Å². The maximum Gasteiger partial charge on any atom is 0.416 e. The molecule has 10 heteroatoms. The number of halogens is 3. The van der Waals surface area contributed by atoms with Gasteiger partial charge in [-0.25, -0.2) is 0 Å². The second-order valence-electron chi connectivity index (χ2n) is 8.96. The standard InChI is InChI=1S/C27H23F3N4O3/c1-15-19(8-5-9-20(15)27(28,29)30)21-12-24(33(2)32-21)31-22-10-18(35)11-23(36)25(22)26(37)34-13-16-6-3-4-7-17(16)14-34/h3-12,31,35-36H,13-14H2,1-2H3. The number of amides is 1. The molecule has 1 amide bonds. The molecule has 1 aromatic heterocycles. The lowest BCUT2D eigenvalue weighted by atomic mass is 10.00. The number of phenolic OH excluding ortho intramolecular Hbond substituents is 2. The van der Waals surface area contributed by atoms with Gasteiger partial charge in [-0.15, -0.1) is 0 Å². The molecule has 190 valence electrons. The van der Waals surface area contributed by atoms with Crippen LogP contribution in [0.25, 0.3) is 11.3 Å². The third-order valence-corrected chi connectivity index (χ3v) is 6.50. The van der Waals surface area contributed by atoms with E-state index in [1.54, 1.807) is 24.1 Å². The van der Waals surface area contributed by atoms with Gasteiger partial charge in [-0.3, -0.25) is 9.48 Å². The second kappa shape index (κ2) is 8.88. The Balaban J connectivity index is 1.49. The molecular weight excluding hydrogens is 485 g/mol. The molecule has 7 nitrogen and oxygen atoms in total. The molecule has 0 fully saturated rings. The van der Waals surface area contributed by atoms with Crippen molar-refractivity contribution in [2.45, 2.75) is 26.2 Å². The van der Waals surface area contributed by atoms with Crippen LogP contribution >= 0.6 is 0 Å². The zero-order chi connectivity index (χ0) is 26.5. The van der Waals surface area contributed by atoms with Crippen molar-refractivity contribution < 1.29 is 28.2 Å². The number of aryl methyl sites for hydroxylation is 1. The van der Waals surface area contributed by atoms with E-state index in [0.717, 1.165) is 23.3 Å². The highest BCUT2D eigenvalue weighted by Crippen LogP contribution is 2.38. The molecule has 2 heterocycles. The minimum atomic E-state index is -4.50. The first-order valence-corrected chi connectivity index (χ1v) is 11.4. The third-order valence-electron chi connectivity index (χ3n) is 6.50. The van der Waals surface area contributed by atoms with Crippen molar-refractivity contribution in [2.24, 2.45) is 7.05 Å². The van der Waals surface area contributed by atoms with Crippen LogP contribution in [-0.4, -0.2) is 30.8 Å². The van der Waals surface area contributed by atoms with Crippen LogP contribution in [-0.2, 0) is 26.3 Å². The molecule has 1 aliphatic rings. The summed E-state index contributed by atoms with van der Waals surface area (Å²) in [4.78, 5) is 15.0. The Morgan fingerprint density at radius 3 is 2.32 bits per heavy atom. The molecule has 0 radical (unpaired) electrons. The molecule has 5 rings (SSSR count). The van der Waals surface area contributed by atoms with E-state index in [4.69, 9.17) is 0 Å². The van der Waals surface area contributed by atoms with Crippen LogP contribution < -0.4 is 5.32 Å². The number of alkyl halides is 3. The molecule has 0 saturated heterocycles. The maximum absolute atomic E-state index is 13.5. The fourth-order valence-electron chi connectivity index (χ4n) is 4.64. The summed E-state index contributed by atoms with van der Waals surface area (Å²) in [5, 5.41) is 28.1. The number of fused-ring (bicyclic) bond motifs is 1. The van der Waals surface area contributed by atoms with E-state index < -0.39 is 23.4 Å². The predicted molar refractivity (Wildman–Crippen MR) is 131 cm³/mol. The molecule has 1 aliphatic heterocycles.